The van der Waals surface area contributed by atoms with Crippen LogP contribution in [0, 0.1) is 0 Å². The second-order valence-corrected chi connectivity index (χ2v) is 5.34. The third-order valence-electron chi connectivity index (χ3n) is 3.21. The highest BCUT2D eigenvalue weighted by atomic mass is 16.5. The van der Waals surface area contributed by atoms with E-state index in [9.17, 15) is 4.79 Å². The smallest absolute Gasteiger partial charge is 0.220 e. The minimum absolute atomic E-state index is 0.135. The Morgan fingerprint density at radius 2 is 2.00 bits per heavy atom. The molecule has 0 aliphatic heterocycles. The Labute approximate surface area is 111 Å². The van der Waals surface area contributed by atoms with Crippen LogP contribution >= 0.6 is 0 Å². The van der Waals surface area contributed by atoms with E-state index < -0.39 is 0 Å². The topological polar surface area (TPSA) is 50.4 Å². The summed E-state index contributed by atoms with van der Waals surface area (Å²) in [5.74, 6) is 0.135. The van der Waals surface area contributed by atoms with Crippen molar-refractivity contribution in [2.24, 2.45) is 0 Å². The van der Waals surface area contributed by atoms with Crippen molar-refractivity contribution < 1.29 is 9.53 Å². The first kappa shape index (κ1) is 15.4. The van der Waals surface area contributed by atoms with Crippen molar-refractivity contribution in [2.45, 2.75) is 64.5 Å². The molecule has 1 saturated carbocycles. The molecule has 0 bridgehead atoms. The fraction of sp³-hybridized carbons (Fsp3) is 0.929. The zero-order chi connectivity index (χ0) is 13.2. The van der Waals surface area contributed by atoms with Gasteiger partial charge < -0.3 is 15.4 Å². The highest BCUT2D eigenvalue weighted by molar-refractivity contribution is 5.75. The molecule has 1 amide bonds. The Balaban J connectivity index is 1.87. The SMILES string of the molecule is CC(C)NCCCC(=O)NCCOC1CCCC1. The Bertz CT molecular complexity index is 226. The van der Waals surface area contributed by atoms with E-state index in [1.807, 2.05) is 0 Å². The predicted molar refractivity (Wildman–Crippen MR) is 73.6 cm³/mol. The summed E-state index contributed by atoms with van der Waals surface area (Å²) in [6, 6.07) is 0.493. The molecule has 0 saturated heterocycles. The second kappa shape index (κ2) is 9.34. The van der Waals surface area contributed by atoms with Gasteiger partial charge in [0.2, 0.25) is 5.91 Å². The molecule has 106 valence electrons. The third-order valence-corrected chi connectivity index (χ3v) is 3.21. The highest BCUT2D eigenvalue weighted by Crippen LogP contribution is 2.20. The van der Waals surface area contributed by atoms with Crippen LogP contribution in [0.3, 0.4) is 0 Å². The Morgan fingerprint density at radius 3 is 2.67 bits per heavy atom. The summed E-state index contributed by atoms with van der Waals surface area (Å²) in [7, 11) is 0. The van der Waals surface area contributed by atoms with Crippen molar-refractivity contribution in [1.82, 2.24) is 10.6 Å². The molecule has 1 fully saturated rings. The van der Waals surface area contributed by atoms with Gasteiger partial charge in [-0.1, -0.05) is 26.7 Å². The largest absolute Gasteiger partial charge is 0.376 e. The van der Waals surface area contributed by atoms with E-state index in [0.29, 0.717) is 31.7 Å². The van der Waals surface area contributed by atoms with Crippen LogP contribution in [-0.4, -0.2) is 37.7 Å². The number of carbonyl (C=O) groups is 1. The van der Waals surface area contributed by atoms with Gasteiger partial charge in [0.15, 0.2) is 0 Å². The fourth-order valence-electron chi connectivity index (χ4n) is 2.20. The van der Waals surface area contributed by atoms with Crippen molar-refractivity contribution in [2.75, 3.05) is 19.7 Å². The molecule has 2 N–H and O–H groups in total. The van der Waals surface area contributed by atoms with Gasteiger partial charge in [0.1, 0.15) is 0 Å². The van der Waals surface area contributed by atoms with E-state index in [0.717, 1.165) is 13.0 Å². The van der Waals surface area contributed by atoms with Crippen LogP contribution in [0.4, 0.5) is 0 Å². The number of ether oxygens (including phenoxy) is 1. The lowest BCUT2D eigenvalue weighted by Gasteiger charge is -2.11. The molecular formula is C14H28N2O2. The molecule has 0 radical (unpaired) electrons. The summed E-state index contributed by atoms with van der Waals surface area (Å²) >= 11 is 0. The molecule has 0 aromatic carbocycles. The summed E-state index contributed by atoms with van der Waals surface area (Å²) in [4.78, 5) is 11.5. The lowest BCUT2D eigenvalue weighted by molar-refractivity contribution is -0.121. The molecule has 0 unspecified atom stereocenters. The first-order chi connectivity index (χ1) is 8.68. The molecule has 4 nitrogen and oxygen atoms in total. The molecule has 0 aromatic heterocycles. The number of hydrogen-bond donors (Lipinski definition) is 2. The molecule has 4 heteroatoms. The van der Waals surface area contributed by atoms with Gasteiger partial charge in [0.05, 0.1) is 12.7 Å². The van der Waals surface area contributed by atoms with Gasteiger partial charge in [-0.3, -0.25) is 4.79 Å². The molecule has 0 aromatic rings. The van der Waals surface area contributed by atoms with Gasteiger partial charge in [-0.25, -0.2) is 0 Å². The zero-order valence-electron chi connectivity index (χ0n) is 11.8. The van der Waals surface area contributed by atoms with E-state index in [2.05, 4.69) is 24.5 Å². The van der Waals surface area contributed by atoms with Crippen LogP contribution in [0.25, 0.3) is 0 Å². The minimum atomic E-state index is 0.135. The van der Waals surface area contributed by atoms with Gasteiger partial charge in [0.25, 0.3) is 0 Å². The van der Waals surface area contributed by atoms with Gasteiger partial charge in [0, 0.05) is 19.0 Å². The van der Waals surface area contributed by atoms with Gasteiger partial charge >= 0.3 is 0 Å². The van der Waals surface area contributed by atoms with Crippen LogP contribution in [-0.2, 0) is 9.53 Å². The first-order valence-electron chi connectivity index (χ1n) is 7.30. The predicted octanol–water partition coefficient (Wildman–Crippen LogP) is 1.84. The maximum atomic E-state index is 11.5. The Kier molecular flexibility index (Phi) is 8.01. The van der Waals surface area contributed by atoms with Crippen LogP contribution in [0.1, 0.15) is 52.4 Å². The quantitative estimate of drug-likeness (QED) is 0.619. The summed E-state index contributed by atoms with van der Waals surface area (Å²) < 4.78 is 5.68. The highest BCUT2D eigenvalue weighted by Gasteiger charge is 2.14. The number of amides is 1. The maximum Gasteiger partial charge on any atom is 0.220 e. The monoisotopic (exact) mass is 256 g/mol. The second-order valence-electron chi connectivity index (χ2n) is 5.34. The molecule has 1 aliphatic rings. The minimum Gasteiger partial charge on any atom is -0.376 e. The van der Waals surface area contributed by atoms with Crippen molar-refractivity contribution >= 4 is 5.91 Å². The van der Waals surface area contributed by atoms with E-state index in [-0.39, 0.29) is 5.91 Å². The number of hydrogen-bond acceptors (Lipinski definition) is 3. The van der Waals surface area contributed by atoms with Crippen molar-refractivity contribution in [3.05, 3.63) is 0 Å². The lowest BCUT2D eigenvalue weighted by atomic mass is 10.2. The third kappa shape index (κ3) is 7.67. The van der Waals surface area contributed by atoms with E-state index in [4.69, 9.17) is 4.74 Å². The summed E-state index contributed by atoms with van der Waals surface area (Å²) in [5, 5.41) is 6.20. The van der Waals surface area contributed by atoms with Crippen molar-refractivity contribution in [3.8, 4) is 0 Å². The number of nitrogens with one attached hydrogen (secondary N) is 2. The van der Waals surface area contributed by atoms with Gasteiger partial charge in [-0.15, -0.1) is 0 Å². The van der Waals surface area contributed by atoms with Crippen LogP contribution in [0.5, 0.6) is 0 Å². The van der Waals surface area contributed by atoms with Crippen LogP contribution < -0.4 is 10.6 Å². The molecule has 1 rings (SSSR count). The van der Waals surface area contributed by atoms with Crippen LogP contribution in [0.15, 0.2) is 0 Å². The van der Waals surface area contributed by atoms with Crippen LogP contribution in [0.2, 0.25) is 0 Å². The maximum absolute atomic E-state index is 11.5. The van der Waals surface area contributed by atoms with E-state index in [1.54, 1.807) is 0 Å². The number of carbonyl (C=O) groups excluding carboxylic acids is 1. The molecule has 1 aliphatic carbocycles. The number of rotatable bonds is 9. The lowest BCUT2D eigenvalue weighted by Crippen LogP contribution is -2.30. The van der Waals surface area contributed by atoms with E-state index >= 15 is 0 Å². The summed E-state index contributed by atoms with van der Waals surface area (Å²) in [5.41, 5.74) is 0. The first-order valence-corrected chi connectivity index (χ1v) is 7.30. The summed E-state index contributed by atoms with van der Waals surface area (Å²) in [6.45, 7) is 6.43. The Morgan fingerprint density at radius 1 is 1.28 bits per heavy atom. The molecular weight excluding hydrogens is 228 g/mol. The average molecular weight is 256 g/mol. The molecule has 0 spiro atoms. The summed E-state index contributed by atoms with van der Waals surface area (Å²) in [6.07, 6.45) is 6.90. The van der Waals surface area contributed by atoms with Gasteiger partial charge in [-0.2, -0.15) is 0 Å². The van der Waals surface area contributed by atoms with Crippen molar-refractivity contribution in [3.63, 3.8) is 0 Å². The standard InChI is InChI=1S/C14H28N2O2/c1-12(2)15-9-5-8-14(17)16-10-11-18-13-6-3-4-7-13/h12-13,15H,3-11H2,1-2H3,(H,16,17). The molecule has 18 heavy (non-hydrogen) atoms. The normalized spacial score (nSPS) is 16.4. The molecule has 0 heterocycles. The Hall–Kier alpha value is -0.610. The molecule has 0 atom stereocenters. The van der Waals surface area contributed by atoms with Crippen molar-refractivity contribution in [1.29, 1.82) is 0 Å². The average Bonchev–Trinajstić information content (AvgIpc) is 2.83. The van der Waals surface area contributed by atoms with E-state index in [1.165, 1.54) is 25.7 Å². The zero-order valence-corrected chi connectivity index (χ0v) is 11.8. The fourth-order valence-corrected chi connectivity index (χ4v) is 2.20. The van der Waals surface area contributed by atoms with Gasteiger partial charge in [-0.05, 0) is 25.8 Å².